The van der Waals surface area contributed by atoms with Crippen LogP contribution in [0.25, 0.3) is 0 Å². The average Bonchev–Trinajstić information content (AvgIpc) is 2.91. The molecule has 1 unspecified atom stereocenters. The van der Waals surface area contributed by atoms with E-state index >= 15 is 0 Å². The van der Waals surface area contributed by atoms with Gasteiger partial charge >= 0.3 is 6.03 Å². The van der Waals surface area contributed by atoms with E-state index in [-0.39, 0.29) is 12.6 Å². The molecule has 1 aromatic heterocycles. The Kier molecular flexibility index (Phi) is 5.58. The molecule has 0 spiro atoms. The van der Waals surface area contributed by atoms with Crippen molar-refractivity contribution in [3.63, 3.8) is 0 Å². The molecular weight excluding hydrogens is 286 g/mol. The van der Waals surface area contributed by atoms with E-state index in [9.17, 15) is 9.90 Å². The third kappa shape index (κ3) is 4.41. The Bertz CT molecular complexity index is 471. The number of thiazole rings is 1. The average molecular weight is 311 g/mol. The van der Waals surface area contributed by atoms with E-state index in [0.29, 0.717) is 12.5 Å². The van der Waals surface area contributed by atoms with Crippen molar-refractivity contribution in [2.45, 2.75) is 58.0 Å². The number of carbonyl (C=O) groups excluding carboxylic acids is 1. The number of urea groups is 1. The molecule has 0 radical (unpaired) electrons. The molecule has 0 aromatic carbocycles. The topological polar surface area (TPSA) is 74.2 Å². The lowest BCUT2D eigenvalue weighted by Crippen LogP contribution is -2.57. The van der Waals surface area contributed by atoms with Crippen LogP contribution in [-0.2, 0) is 6.54 Å². The summed E-state index contributed by atoms with van der Waals surface area (Å²) in [4.78, 5) is 17.3. The SMILES string of the molecule is Cc1ncc(CNC(=O)NC(C)(CO)C2CCCCC2)s1. The van der Waals surface area contributed by atoms with Gasteiger partial charge in [0, 0.05) is 11.1 Å². The number of aliphatic hydroxyl groups is 1. The molecule has 3 N–H and O–H groups in total. The maximum absolute atomic E-state index is 12.1. The highest BCUT2D eigenvalue weighted by Crippen LogP contribution is 2.32. The summed E-state index contributed by atoms with van der Waals surface area (Å²) in [5, 5.41) is 16.5. The third-order valence-electron chi connectivity index (χ3n) is 4.33. The molecular formula is C15H25N3O2S. The fourth-order valence-corrected chi connectivity index (χ4v) is 3.70. The predicted molar refractivity (Wildman–Crippen MR) is 84.3 cm³/mol. The Morgan fingerprint density at radius 3 is 2.76 bits per heavy atom. The van der Waals surface area contributed by atoms with Gasteiger partial charge in [-0.1, -0.05) is 19.3 Å². The van der Waals surface area contributed by atoms with Gasteiger partial charge in [0.2, 0.25) is 0 Å². The van der Waals surface area contributed by atoms with E-state index in [2.05, 4.69) is 15.6 Å². The maximum Gasteiger partial charge on any atom is 0.315 e. The summed E-state index contributed by atoms with van der Waals surface area (Å²) < 4.78 is 0. The van der Waals surface area contributed by atoms with Gasteiger partial charge in [-0.15, -0.1) is 11.3 Å². The van der Waals surface area contributed by atoms with Crippen LogP contribution in [0.15, 0.2) is 6.20 Å². The smallest absolute Gasteiger partial charge is 0.315 e. The molecule has 6 heteroatoms. The first kappa shape index (κ1) is 16.2. The highest BCUT2D eigenvalue weighted by molar-refractivity contribution is 7.11. The Labute approximate surface area is 130 Å². The molecule has 2 rings (SSSR count). The second kappa shape index (κ2) is 7.22. The maximum atomic E-state index is 12.1. The zero-order chi connectivity index (χ0) is 15.3. The molecule has 118 valence electrons. The number of hydrogen-bond donors (Lipinski definition) is 3. The quantitative estimate of drug-likeness (QED) is 0.782. The summed E-state index contributed by atoms with van der Waals surface area (Å²) in [6, 6.07) is -0.219. The lowest BCUT2D eigenvalue weighted by Gasteiger charge is -2.39. The van der Waals surface area contributed by atoms with Crippen molar-refractivity contribution in [2.75, 3.05) is 6.61 Å². The number of carbonyl (C=O) groups is 1. The monoisotopic (exact) mass is 311 g/mol. The second-order valence-corrected chi connectivity index (χ2v) is 7.38. The van der Waals surface area contributed by atoms with Crippen molar-refractivity contribution in [3.05, 3.63) is 16.1 Å². The number of rotatable bonds is 5. The first-order chi connectivity index (χ1) is 10.0. The van der Waals surface area contributed by atoms with Crippen molar-refractivity contribution < 1.29 is 9.90 Å². The summed E-state index contributed by atoms with van der Waals surface area (Å²) in [5.41, 5.74) is -0.534. The fourth-order valence-electron chi connectivity index (χ4n) is 2.97. The summed E-state index contributed by atoms with van der Waals surface area (Å²) in [7, 11) is 0. The highest BCUT2D eigenvalue weighted by atomic mass is 32.1. The number of aromatic nitrogens is 1. The van der Waals surface area contributed by atoms with Gasteiger partial charge in [0.05, 0.1) is 23.7 Å². The van der Waals surface area contributed by atoms with Gasteiger partial charge in [0.15, 0.2) is 0 Å². The van der Waals surface area contributed by atoms with Crippen LogP contribution in [0.4, 0.5) is 4.79 Å². The van der Waals surface area contributed by atoms with Gasteiger partial charge in [0.1, 0.15) is 0 Å². The third-order valence-corrected chi connectivity index (χ3v) is 5.24. The molecule has 1 fully saturated rings. The van der Waals surface area contributed by atoms with Crippen LogP contribution < -0.4 is 10.6 Å². The zero-order valence-electron chi connectivity index (χ0n) is 12.8. The van der Waals surface area contributed by atoms with Crippen LogP contribution in [-0.4, -0.2) is 28.3 Å². The lowest BCUT2D eigenvalue weighted by atomic mass is 9.76. The molecule has 5 nitrogen and oxygen atoms in total. The number of amides is 2. The van der Waals surface area contributed by atoms with Crippen molar-refractivity contribution in [1.82, 2.24) is 15.6 Å². The van der Waals surface area contributed by atoms with Crippen molar-refractivity contribution in [3.8, 4) is 0 Å². The van der Waals surface area contributed by atoms with E-state index in [1.165, 1.54) is 19.3 Å². The van der Waals surface area contributed by atoms with Crippen LogP contribution in [0.1, 0.15) is 48.9 Å². The largest absolute Gasteiger partial charge is 0.394 e. The number of nitrogens with zero attached hydrogens (tertiary/aromatic N) is 1. The van der Waals surface area contributed by atoms with Gasteiger partial charge < -0.3 is 15.7 Å². The summed E-state index contributed by atoms with van der Waals surface area (Å²) >= 11 is 1.58. The van der Waals surface area contributed by atoms with Crippen LogP contribution in [0.5, 0.6) is 0 Å². The summed E-state index contributed by atoms with van der Waals surface area (Å²) in [5.74, 6) is 0.354. The second-order valence-electron chi connectivity index (χ2n) is 6.06. The lowest BCUT2D eigenvalue weighted by molar-refractivity contribution is 0.101. The molecule has 1 atom stereocenters. The van der Waals surface area contributed by atoms with E-state index in [1.807, 2.05) is 13.8 Å². The number of aliphatic hydroxyl groups excluding tert-OH is 1. The Hall–Kier alpha value is -1.14. The molecule has 21 heavy (non-hydrogen) atoms. The van der Waals surface area contributed by atoms with E-state index in [4.69, 9.17) is 0 Å². The van der Waals surface area contributed by atoms with Crippen LogP contribution in [0.2, 0.25) is 0 Å². The minimum Gasteiger partial charge on any atom is -0.394 e. The fraction of sp³-hybridized carbons (Fsp3) is 0.733. The summed E-state index contributed by atoms with van der Waals surface area (Å²) in [6.07, 6.45) is 7.56. The van der Waals surface area contributed by atoms with E-state index in [1.54, 1.807) is 17.5 Å². The van der Waals surface area contributed by atoms with Gasteiger partial charge in [0.25, 0.3) is 0 Å². The number of hydrogen-bond acceptors (Lipinski definition) is 4. The standard InChI is InChI=1S/C15H25N3O2S/c1-11-16-8-13(21-11)9-17-14(20)18-15(2,10-19)12-6-4-3-5-7-12/h8,12,19H,3-7,9-10H2,1-2H3,(H2,17,18,20). The van der Waals surface area contributed by atoms with Gasteiger partial charge in [-0.25, -0.2) is 9.78 Å². The number of aryl methyl sites for hydroxylation is 1. The van der Waals surface area contributed by atoms with Crippen LogP contribution in [0, 0.1) is 12.8 Å². The van der Waals surface area contributed by atoms with Gasteiger partial charge in [-0.05, 0) is 32.6 Å². The Morgan fingerprint density at radius 2 is 2.19 bits per heavy atom. The Morgan fingerprint density at radius 1 is 1.48 bits per heavy atom. The van der Waals surface area contributed by atoms with Crippen LogP contribution in [0.3, 0.4) is 0 Å². The molecule has 1 heterocycles. The molecule has 1 aliphatic rings. The van der Waals surface area contributed by atoms with Crippen molar-refractivity contribution in [1.29, 1.82) is 0 Å². The minimum atomic E-state index is -0.534. The molecule has 0 bridgehead atoms. The predicted octanol–water partition coefficient (Wildman–Crippen LogP) is 2.58. The van der Waals surface area contributed by atoms with E-state index < -0.39 is 5.54 Å². The molecule has 0 saturated heterocycles. The van der Waals surface area contributed by atoms with Gasteiger partial charge in [-0.3, -0.25) is 0 Å². The van der Waals surface area contributed by atoms with Crippen molar-refractivity contribution >= 4 is 17.4 Å². The first-order valence-corrected chi connectivity index (χ1v) is 8.43. The molecule has 0 aliphatic heterocycles. The first-order valence-electron chi connectivity index (χ1n) is 7.61. The molecule has 1 saturated carbocycles. The van der Waals surface area contributed by atoms with Gasteiger partial charge in [-0.2, -0.15) is 0 Å². The van der Waals surface area contributed by atoms with E-state index in [0.717, 1.165) is 22.7 Å². The summed E-state index contributed by atoms with van der Waals surface area (Å²) in [6.45, 7) is 4.34. The highest BCUT2D eigenvalue weighted by Gasteiger charge is 2.35. The van der Waals surface area contributed by atoms with Crippen LogP contribution >= 0.6 is 11.3 Å². The Balaban J connectivity index is 1.86. The zero-order valence-corrected chi connectivity index (χ0v) is 13.6. The molecule has 1 aromatic rings. The normalized spacial score (nSPS) is 19.0. The molecule has 2 amide bonds. The molecule has 1 aliphatic carbocycles. The minimum absolute atomic E-state index is 0.0231. The number of nitrogens with one attached hydrogen (secondary N) is 2. The van der Waals surface area contributed by atoms with Crippen molar-refractivity contribution in [2.24, 2.45) is 5.92 Å².